The Hall–Kier alpha value is -3.19. The number of halogens is 2. The lowest BCUT2D eigenvalue weighted by Gasteiger charge is -2.10. The standard InChI is InChI=1S/C20H16ClFN2O4/c1-10-2-3-11(16(22)4-10)8-17(25)23-9-13-6-14(21)5-12-7-15(20(27)28)19(26)24-18(12)13/h2-7H,8-9H2,1H3,(H,23,25)(H,24,26)(H,27,28). The van der Waals surface area contributed by atoms with Crippen molar-refractivity contribution in [2.24, 2.45) is 0 Å². The third-order valence-corrected chi connectivity index (χ3v) is 4.48. The molecule has 1 amide bonds. The van der Waals surface area contributed by atoms with E-state index in [4.69, 9.17) is 16.7 Å². The number of benzene rings is 2. The van der Waals surface area contributed by atoms with Gasteiger partial charge in [-0.15, -0.1) is 0 Å². The summed E-state index contributed by atoms with van der Waals surface area (Å²) in [5.41, 5.74) is 0.766. The van der Waals surface area contributed by atoms with Crippen LogP contribution in [0, 0.1) is 12.7 Å². The number of hydrogen-bond donors (Lipinski definition) is 3. The average Bonchev–Trinajstić information content (AvgIpc) is 2.62. The van der Waals surface area contributed by atoms with Gasteiger partial charge in [-0.2, -0.15) is 0 Å². The zero-order chi connectivity index (χ0) is 20.4. The van der Waals surface area contributed by atoms with Gasteiger partial charge >= 0.3 is 5.97 Å². The van der Waals surface area contributed by atoms with Gasteiger partial charge in [0.25, 0.3) is 5.56 Å². The summed E-state index contributed by atoms with van der Waals surface area (Å²) in [6.07, 6.45) is -0.135. The van der Waals surface area contributed by atoms with E-state index in [1.165, 1.54) is 18.2 Å². The Morgan fingerprint density at radius 3 is 2.61 bits per heavy atom. The van der Waals surface area contributed by atoms with E-state index in [0.717, 1.165) is 5.56 Å². The summed E-state index contributed by atoms with van der Waals surface area (Å²) in [4.78, 5) is 37.8. The van der Waals surface area contributed by atoms with Gasteiger partial charge in [-0.3, -0.25) is 9.59 Å². The fraction of sp³-hybridized carbons (Fsp3) is 0.150. The van der Waals surface area contributed by atoms with Crippen LogP contribution in [0.1, 0.15) is 27.0 Å². The summed E-state index contributed by atoms with van der Waals surface area (Å²) >= 11 is 6.07. The van der Waals surface area contributed by atoms with E-state index in [2.05, 4.69) is 10.3 Å². The zero-order valence-corrected chi connectivity index (χ0v) is 15.6. The summed E-state index contributed by atoms with van der Waals surface area (Å²) in [6, 6.07) is 8.96. The molecule has 0 aliphatic carbocycles. The Labute approximate surface area is 164 Å². The second-order valence-electron chi connectivity index (χ2n) is 6.39. The average molecular weight is 403 g/mol. The molecule has 0 unspecified atom stereocenters. The largest absolute Gasteiger partial charge is 0.477 e. The number of H-pyrrole nitrogens is 1. The number of aromatic amines is 1. The van der Waals surface area contributed by atoms with Gasteiger partial charge in [-0.05, 0) is 47.9 Å². The van der Waals surface area contributed by atoms with Gasteiger partial charge in [-0.1, -0.05) is 23.7 Å². The number of aryl methyl sites for hydroxylation is 1. The molecule has 1 aromatic heterocycles. The molecule has 0 radical (unpaired) electrons. The predicted octanol–water partition coefficient (Wildman–Crippen LogP) is 3.19. The Morgan fingerprint density at radius 1 is 1.18 bits per heavy atom. The normalized spacial score (nSPS) is 10.8. The molecular weight excluding hydrogens is 387 g/mol. The van der Waals surface area contributed by atoms with Gasteiger partial charge in [0.1, 0.15) is 11.4 Å². The lowest BCUT2D eigenvalue weighted by atomic mass is 10.1. The van der Waals surface area contributed by atoms with Crippen LogP contribution in [0.25, 0.3) is 10.9 Å². The van der Waals surface area contributed by atoms with Crippen LogP contribution in [0.4, 0.5) is 4.39 Å². The smallest absolute Gasteiger partial charge is 0.341 e. The van der Waals surface area contributed by atoms with Crippen molar-refractivity contribution >= 4 is 34.4 Å². The van der Waals surface area contributed by atoms with E-state index in [-0.39, 0.29) is 18.5 Å². The molecule has 0 aliphatic heterocycles. The molecule has 0 bridgehead atoms. The number of aromatic nitrogens is 1. The topological polar surface area (TPSA) is 99.3 Å². The number of pyridine rings is 1. The van der Waals surface area contributed by atoms with E-state index in [1.54, 1.807) is 25.1 Å². The molecule has 6 nitrogen and oxygen atoms in total. The number of carboxylic acid groups (broad SMARTS) is 1. The first kappa shape index (κ1) is 19.6. The molecular formula is C20H16ClFN2O4. The van der Waals surface area contributed by atoms with Crippen molar-refractivity contribution in [3.05, 3.63) is 79.8 Å². The second kappa shape index (κ2) is 7.82. The van der Waals surface area contributed by atoms with Gasteiger partial charge in [0.2, 0.25) is 5.91 Å². The van der Waals surface area contributed by atoms with Crippen LogP contribution < -0.4 is 10.9 Å². The highest BCUT2D eigenvalue weighted by Gasteiger charge is 2.14. The van der Waals surface area contributed by atoms with E-state index in [0.29, 0.717) is 21.5 Å². The van der Waals surface area contributed by atoms with Crippen molar-refractivity contribution in [3.8, 4) is 0 Å². The monoisotopic (exact) mass is 402 g/mol. The minimum Gasteiger partial charge on any atom is -0.477 e. The molecule has 2 aromatic carbocycles. The van der Waals surface area contributed by atoms with Gasteiger partial charge in [0, 0.05) is 17.0 Å². The van der Waals surface area contributed by atoms with E-state index < -0.39 is 28.8 Å². The summed E-state index contributed by atoms with van der Waals surface area (Å²) in [7, 11) is 0. The maximum atomic E-state index is 13.9. The molecule has 8 heteroatoms. The number of rotatable bonds is 5. The Kier molecular flexibility index (Phi) is 5.46. The number of hydrogen-bond acceptors (Lipinski definition) is 3. The third kappa shape index (κ3) is 4.20. The minimum absolute atomic E-state index is 0.0335. The zero-order valence-electron chi connectivity index (χ0n) is 14.8. The molecule has 0 fully saturated rings. The van der Waals surface area contributed by atoms with Crippen LogP contribution in [0.15, 0.2) is 41.2 Å². The van der Waals surface area contributed by atoms with Gasteiger partial charge in [0.05, 0.1) is 11.9 Å². The molecule has 0 aliphatic rings. The van der Waals surface area contributed by atoms with Crippen molar-refractivity contribution in [3.63, 3.8) is 0 Å². The molecule has 144 valence electrons. The molecule has 28 heavy (non-hydrogen) atoms. The highest BCUT2D eigenvalue weighted by Crippen LogP contribution is 2.22. The molecule has 1 heterocycles. The Balaban J connectivity index is 1.83. The predicted molar refractivity (Wildman–Crippen MR) is 103 cm³/mol. The fourth-order valence-electron chi connectivity index (χ4n) is 2.88. The van der Waals surface area contributed by atoms with Gasteiger partial charge < -0.3 is 15.4 Å². The summed E-state index contributed by atoms with van der Waals surface area (Å²) in [5, 5.41) is 12.5. The van der Waals surface area contributed by atoms with Crippen molar-refractivity contribution in [1.29, 1.82) is 0 Å². The molecule has 0 saturated heterocycles. The first-order valence-electron chi connectivity index (χ1n) is 8.35. The summed E-state index contributed by atoms with van der Waals surface area (Å²) < 4.78 is 13.9. The molecule has 0 saturated carbocycles. The quantitative estimate of drug-likeness (QED) is 0.610. The minimum atomic E-state index is -1.35. The highest BCUT2D eigenvalue weighted by atomic mass is 35.5. The summed E-state index contributed by atoms with van der Waals surface area (Å²) in [6.45, 7) is 1.79. The number of aromatic carboxylic acids is 1. The number of nitrogens with one attached hydrogen (secondary N) is 2. The first-order valence-corrected chi connectivity index (χ1v) is 8.73. The van der Waals surface area contributed by atoms with Crippen LogP contribution >= 0.6 is 11.6 Å². The molecule has 0 spiro atoms. The third-order valence-electron chi connectivity index (χ3n) is 4.26. The van der Waals surface area contributed by atoms with Crippen LogP contribution in [0.5, 0.6) is 0 Å². The Morgan fingerprint density at radius 2 is 1.93 bits per heavy atom. The van der Waals surface area contributed by atoms with Crippen LogP contribution in [0.2, 0.25) is 5.02 Å². The number of carbonyl (C=O) groups excluding carboxylic acids is 1. The van der Waals surface area contributed by atoms with E-state index in [9.17, 15) is 18.8 Å². The number of carboxylic acids is 1. The van der Waals surface area contributed by atoms with Crippen LogP contribution in [0.3, 0.4) is 0 Å². The van der Waals surface area contributed by atoms with E-state index in [1.807, 2.05) is 0 Å². The summed E-state index contributed by atoms with van der Waals surface area (Å²) in [5.74, 6) is -2.20. The van der Waals surface area contributed by atoms with Crippen molar-refractivity contribution < 1.29 is 19.1 Å². The highest BCUT2D eigenvalue weighted by molar-refractivity contribution is 6.31. The van der Waals surface area contributed by atoms with Crippen LogP contribution in [-0.4, -0.2) is 22.0 Å². The van der Waals surface area contributed by atoms with Gasteiger partial charge in [0.15, 0.2) is 0 Å². The lowest BCUT2D eigenvalue weighted by molar-refractivity contribution is -0.120. The number of carbonyl (C=O) groups is 2. The molecule has 0 atom stereocenters. The Bertz CT molecular complexity index is 1160. The SMILES string of the molecule is Cc1ccc(CC(=O)NCc2cc(Cl)cc3cc(C(=O)O)c(=O)[nH]c23)c(F)c1. The van der Waals surface area contributed by atoms with Crippen molar-refractivity contribution in [2.75, 3.05) is 0 Å². The molecule has 3 rings (SSSR count). The number of amides is 1. The first-order chi connectivity index (χ1) is 13.2. The maximum absolute atomic E-state index is 13.9. The van der Waals surface area contributed by atoms with Crippen molar-refractivity contribution in [2.45, 2.75) is 19.9 Å². The van der Waals surface area contributed by atoms with Gasteiger partial charge in [-0.25, -0.2) is 9.18 Å². The number of fused-ring (bicyclic) bond motifs is 1. The van der Waals surface area contributed by atoms with E-state index >= 15 is 0 Å². The maximum Gasteiger partial charge on any atom is 0.341 e. The molecule has 3 aromatic rings. The second-order valence-corrected chi connectivity index (χ2v) is 6.83. The molecule has 3 N–H and O–H groups in total. The van der Waals surface area contributed by atoms with Crippen LogP contribution in [-0.2, 0) is 17.8 Å². The fourth-order valence-corrected chi connectivity index (χ4v) is 3.13. The lowest BCUT2D eigenvalue weighted by Crippen LogP contribution is -2.25. The van der Waals surface area contributed by atoms with Crippen molar-refractivity contribution in [1.82, 2.24) is 10.3 Å².